The Labute approximate surface area is 246 Å². The first kappa shape index (κ1) is 25.6. The van der Waals surface area contributed by atoms with Gasteiger partial charge < -0.3 is 24.6 Å². The summed E-state index contributed by atoms with van der Waals surface area (Å²) in [6, 6.07) is 23.4. The van der Waals surface area contributed by atoms with Gasteiger partial charge in [-0.1, -0.05) is 36.4 Å². The van der Waals surface area contributed by atoms with E-state index in [0.717, 1.165) is 96.8 Å². The molecule has 0 radical (unpaired) electrons. The third-order valence-corrected chi connectivity index (χ3v) is 9.45. The number of hydrogen-bond donors (Lipinski definition) is 1. The minimum Gasteiger partial charge on any atom is -0.454 e. The van der Waals surface area contributed by atoms with E-state index in [2.05, 4.69) is 51.5 Å². The minimum atomic E-state index is 0.115. The summed E-state index contributed by atoms with van der Waals surface area (Å²) >= 11 is 0. The second kappa shape index (κ2) is 10.6. The summed E-state index contributed by atoms with van der Waals surface area (Å²) in [6.07, 6.45) is 6.58. The van der Waals surface area contributed by atoms with Gasteiger partial charge in [-0.05, 0) is 104 Å². The van der Waals surface area contributed by atoms with Crippen LogP contribution in [0.25, 0.3) is 22.0 Å². The maximum atomic E-state index is 14.4. The van der Waals surface area contributed by atoms with E-state index in [0.29, 0.717) is 0 Å². The van der Waals surface area contributed by atoms with Crippen molar-refractivity contribution in [3.05, 3.63) is 83.4 Å². The number of carbonyl (C=O) groups excluding carboxylic acids is 1. The average Bonchev–Trinajstić information content (AvgIpc) is 3.83. The van der Waals surface area contributed by atoms with Crippen LogP contribution in [-0.4, -0.2) is 65.7 Å². The lowest BCUT2D eigenvalue weighted by molar-refractivity contribution is 0.0710. The maximum absolute atomic E-state index is 14.4. The standard InChI is InChI=1S/C35H36N4O3/c40-35(39-15-5-8-28(39)21-38-13-3-4-14-38)30-20-34(36-27-16-23-6-1-2-7-24(23)17-27)37-31-11-9-25(18-29(30)31)26-10-12-32-33(19-26)42-22-41-32/h1-2,6-7,9-12,18-20,27-28H,3-5,8,13-17,21-22H2,(H,36,37). The topological polar surface area (TPSA) is 66.9 Å². The zero-order chi connectivity index (χ0) is 28.0. The summed E-state index contributed by atoms with van der Waals surface area (Å²) < 4.78 is 11.2. The van der Waals surface area contributed by atoms with Gasteiger partial charge in [0.05, 0.1) is 11.1 Å². The number of likely N-dealkylation sites (tertiary alicyclic amines) is 2. The van der Waals surface area contributed by atoms with Crippen LogP contribution in [0.5, 0.6) is 11.5 Å². The minimum absolute atomic E-state index is 0.115. The quantitative estimate of drug-likeness (QED) is 0.316. The van der Waals surface area contributed by atoms with Gasteiger partial charge in [-0.2, -0.15) is 0 Å². The van der Waals surface area contributed by atoms with Crippen molar-refractivity contribution in [3.63, 3.8) is 0 Å². The fourth-order valence-corrected chi connectivity index (χ4v) is 7.31. The molecule has 0 spiro atoms. The van der Waals surface area contributed by atoms with Gasteiger partial charge >= 0.3 is 0 Å². The second-order valence-corrected chi connectivity index (χ2v) is 12.2. The van der Waals surface area contributed by atoms with E-state index in [-0.39, 0.29) is 24.8 Å². The molecule has 0 bridgehead atoms. The second-order valence-electron chi connectivity index (χ2n) is 12.2. The van der Waals surface area contributed by atoms with Crippen molar-refractivity contribution in [2.75, 3.05) is 38.3 Å². The predicted molar refractivity (Wildman–Crippen MR) is 164 cm³/mol. The highest BCUT2D eigenvalue weighted by atomic mass is 16.7. The van der Waals surface area contributed by atoms with Gasteiger partial charge in [0, 0.05) is 30.6 Å². The number of pyridine rings is 1. The van der Waals surface area contributed by atoms with Crippen molar-refractivity contribution in [1.82, 2.24) is 14.8 Å². The van der Waals surface area contributed by atoms with Gasteiger partial charge in [0.2, 0.25) is 6.79 Å². The van der Waals surface area contributed by atoms with Crippen molar-refractivity contribution < 1.29 is 14.3 Å². The molecule has 7 heteroatoms. The third-order valence-electron chi connectivity index (χ3n) is 9.45. The Balaban J connectivity index is 1.16. The van der Waals surface area contributed by atoms with Crippen LogP contribution < -0.4 is 14.8 Å². The monoisotopic (exact) mass is 560 g/mol. The summed E-state index contributed by atoms with van der Waals surface area (Å²) in [5, 5.41) is 4.58. The van der Waals surface area contributed by atoms with Gasteiger partial charge in [0.1, 0.15) is 5.82 Å². The molecule has 4 heterocycles. The van der Waals surface area contributed by atoms with Crippen molar-refractivity contribution in [1.29, 1.82) is 0 Å². The molecular formula is C35H36N4O3. The molecule has 42 heavy (non-hydrogen) atoms. The Morgan fingerprint density at radius 2 is 1.62 bits per heavy atom. The number of anilines is 1. The lowest BCUT2D eigenvalue weighted by Crippen LogP contribution is -2.42. The molecule has 1 N–H and O–H groups in total. The molecule has 2 saturated heterocycles. The summed E-state index contributed by atoms with van der Waals surface area (Å²) in [6.45, 7) is 4.32. The number of aromatic nitrogens is 1. The van der Waals surface area contributed by atoms with E-state index in [1.165, 1.54) is 24.0 Å². The van der Waals surface area contributed by atoms with Crippen LogP contribution in [0.1, 0.15) is 47.2 Å². The largest absolute Gasteiger partial charge is 0.454 e. The number of carbonyl (C=O) groups is 1. The van der Waals surface area contributed by atoms with E-state index >= 15 is 0 Å². The molecule has 7 nitrogen and oxygen atoms in total. The van der Waals surface area contributed by atoms with Gasteiger partial charge in [0.15, 0.2) is 11.5 Å². The van der Waals surface area contributed by atoms with E-state index in [9.17, 15) is 4.79 Å². The van der Waals surface area contributed by atoms with Crippen LogP contribution in [0.15, 0.2) is 66.7 Å². The highest BCUT2D eigenvalue weighted by Gasteiger charge is 2.33. The fraction of sp³-hybridized carbons (Fsp3) is 0.371. The number of nitrogens with zero attached hydrogens (tertiary/aromatic N) is 3. The van der Waals surface area contributed by atoms with Crippen LogP contribution >= 0.6 is 0 Å². The van der Waals surface area contributed by atoms with Crippen LogP contribution in [0, 0.1) is 0 Å². The average molecular weight is 561 g/mol. The lowest BCUT2D eigenvalue weighted by Gasteiger charge is -2.29. The molecule has 2 fully saturated rings. The third kappa shape index (κ3) is 4.75. The number of hydrogen-bond acceptors (Lipinski definition) is 6. The first-order valence-corrected chi connectivity index (χ1v) is 15.4. The Hall–Kier alpha value is -4.10. The number of amides is 1. The first-order chi connectivity index (χ1) is 20.7. The zero-order valence-electron chi connectivity index (χ0n) is 23.9. The Morgan fingerprint density at radius 1 is 0.857 bits per heavy atom. The van der Waals surface area contributed by atoms with Crippen LogP contribution in [0.4, 0.5) is 5.82 Å². The molecule has 3 aromatic carbocycles. The zero-order valence-corrected chi connectivity index (χ0v) is 23.9. The summed E-state index contributed by atoms with van der Waals surface area (Å²) in [5.74, 6) is 2.40. The number of ether oxygens (including phenoxy) is 2. The Bertz CT molecular complexity index is 1640. The smallest absolute Gasteiger partial charge is 0.254 e. The molecule has 1 amide bonds. The Kier molecular flexibility index (Phi) is 6.48. The van der Waals surface area contributed by atoms with Gasteiger partial charge in [0.25, 0.3) is 5.91 Å². The normalized spacial score (nSPS) is 20.0. The van der Waals surface area contributed by atoms with Crippen molar-refractivity contribution >= 4 is 22.6 Å². The molecule has 3 aliphatic heterocycles. The van der Waals surface area contributed by atoms with Crippen LogP contribution in [0.2, 0.25) is 0 Å². The molecule has 1 aliphatic carbocycles. The molecule has 1 unspecified atom stereocenters. The lowest BCUT2D eigenvalue weighted by atomic mass is 9.99. The van der Waals surface area contributed by atoms with E-state index in [1.807, 2.05) is 30.3 Å². The molecule has 1 atom stereocenters. The predicted octanol–water partition coefficient (Wildman–Crippen LogP) is 5.91. The highest BCUT2D eigenvalue weighted by Crippen LogP contribution is 2.37. The summed E-state index contributed by atoms with van der Waals surface area (Å²) in [4.78, 5) is 24.1. The SMILES string of the molecule is O=C(c1cc(NC2Cc3ccccc3C2)nc2ccc(-c3ccc4c(c3)OCO4)cc12)N1CCCC1CN1CCCC1. The summed E-state index contributed by atoms with van der Waals surface area (Å²) in [7, 11) is 0. The highest BCUT2D eigenvalue weighted by molar-refractivity contribution is 6.08. The molecular weight excluding hydrogens is 524 g/mol. The van der Waals surface area contributed by atoms with Gasteiger partial charge in [-0.3, -0.25) is 4.79 Å². The van der Waals surface area contributed by atoms with Gasteiger partial charge in [-0.25, -0.2) is 4.98 Å². The van der Waals surface area contributed by atoms with Crippen molar-refractivity contribution in [3.8, 4) is 22.6 Å². The molecule has 8 rings (SSSR count). The van der Waals surface area contributed by atoms with E-state index in [1.54, 1.807) is 0 Å². The number of fused-ring (bicyclic) bond motifs is 3. The number of benzene rings is 3. The van der Waals surface area contributed by atoms with Crippen molar-refractivity contribution in [2.45, 2.75) is 50.6 Å². The molecule has 1 aromatic heterocycles. The molecule has 214 valence electrons. The molecule has 0 saturated carbocycles. The van der Waals surface area contributed by atoms with Gasteiger partial charge in [-0.15, -0.1) is 0 Å². The van der Waals surface area contributed by atoms with Crippen molar-refractivity contribution in [2.24, 2.45) is 0 Å². The summed E-state index contributed by atoms with van der Waals surface area (Å²) in [5.41, 5.74) is 6.40. The first-order valence-electron chi connectivity index (χ1n) is 15.4. The Morgan fingerprint density at radius 3 is 2.45 bits per heavy atom. The number of nitrogens with one attached hydrogen (secondary N) is 1. The fourth-order valence-electron chi connectivity index (χ4n) is 7.31. The van der Waals surface area contributed by atoms with Crippen LogP contribution in [-0.2, 0) is 12.8 Å². The van der Waals surface area contributed by atoms with Crippen LogP contribution in [0.3, 0.4) is 0 Å². The van der Waals surface area contributed by atoms with E-state index < -0.39 is 0 Å². The molecule has 4 aromatic rings. The van der Waals surface area contributed by atoms with E-state index in [4.69, 9.17) is 14.5 Å². The maximum Gasteiger partial charge on any atom is 0.254 e. The number of rotatable bonds is 6. The molecule has 4 aliphatic rings.